The molecule has 254 valence electrons. The second kappa shape index (κ2) is 16.7. The van der Waals surface area contributed by atoms with E-state index in [9.17, 15) is 24.0 Å². The molecule has 3 amide bonds. The zero-order valence-electron chi connectivity index (χ0n) is 26.7. The predicted octanol–water partition coefficient (Wildman–Crippen LogP) is 1.70. The lowest BCUT2D eigenvalue weighted by Gasteiger charge is -2.25. The average Bonchev–Trinajstić information content (AvgIpc) is 3.70. The van der Waals surface area contributed by atoms with E-state index >= 15 is 0 Å². The number of nitrogens with zero attached hydrogens (tertiary/aromatic N) is 1. The third kappa shape index (κ3) is 9.66. The van der Waals surface area contributed by atoms with Crippen molar-refractivity contribution in [3.8, 4) is 28.4 Å². The number of carbonyl (C=O) groups excluding carboxylic acids is 4. The van der Waals surface area contributed by atoms with Gasteiger partial charge in [-0.15, -0.1) is 0 Å². The molecule has 4 N–H and O–H groups in total. The van der Waals surface area contributed by atoms with Crippen molar-refractivity contribution in [3.63, 3.8) is 0 Å². The summed E-state index contributed by atoms with van der Waals surface area (Å²) in [7, 11) is 0. The highest BCUT2D eigenvalue weighted by Gasteiger charge is 2.41. The highest BCUT2D eigenvalue weighted by molar-refractivity contribution is 5.91. The molecular formula is C33H42N4O10. The van der Waals surface area contributed by atoms with Crippen molar-refractivity contribution < 1.29 is 48.0 Å². The van der Waals surface area contributed by atoms with Crippen LogP contribution in [0.5, 0.6) is 17.2 Å². The number of rotatable bonds is 17. The van der Waals surface area contributed by atoms with E-state index in [0.29, 0.717) is 23.5 Å². The molecule has 0 bridgehead atoms. The van der Waals surface area contributed by atoms with Crippen LogP contribution < -0.4 is 30.2 Å². The van der Waals surface area contributed by atoms with Gasteiger partial charge < -0.3 is 44.4 Å². The van der Waals surface area contributed by atoms with Crippen LogP contribution in [0.25, 0.3) is 11.1 Å². The highest BCUT2D eigenvalue weighted by atomic mass is 16.7. The van der Waals surface area contributed by atoms with Crippen molar-refractivity contribution in [1.82, 2.24) is 20.9 Å². The van der Waals surface area contributed by atoms with Gasteiger partial charge in [0.15, 0.2) is 11.5 Å². The van der Waals surface area contributed by atoms with E-state index in [-0.39, 0.29) is 57.5 Å². The number of hydrogen-bond acceptors (Lipinski definition) is 10. The van der Waals surface area contributed by atoms with Gasteiger partial charge in [0.2, 0.25) is 24.5 Å². The largest absolute Gasteiger partial charge is 0.488 e. The molecule has 14 nitrogen and oxygen atoms in total. The number of fused-ring (bicyclic) bond motifs is 1. The van der Waals surface area contributed by atoms with E-state index < -0.39 is 42.4 Å². The van der Waals surface area contributed by atoms with Crippen molar-refractivity contribution in [1.29, 1.82) is 0 Å². The first-order chi connectivity index (χ1) is 22.6. The van der Waals surface area contributed by atoms with Crippen LogP contribution in [0.2, 0.25) is 0 Å². The zero-order valence-corrected chi connectivity index (χ0v) is 26.7. The van der Waals surface area contributed by atoms with E-state index in [1.165, 1.54) is 11.8 Å². The first-order valence-electron chi connectivity index (χ1n) is 15.6. The van der Waals surface area contributed by atoms with Crippen LogP contribution in [-0.2, 0) is 28.7 Å². The van der Waals surface area contributed by atoms with Gasteiger partial charge in [0, 0.05) is 18.9 Å². The van der Waals surface area contributed by atoms with Gasteiger partial charge in [0.1, 0.15) is 24.2 Å². The molecule has 2 heterocycles. The lowest BCUT2D eigenvalue weighted by molar-refractivity contribution is -0.141. The predicted molar refractivity (Wildman–Crippen MR) is 169 cm³/mol. The molecule has 2 aliphatic heterocycles. The average molecular weight is 655 g/mol. The van der Waals surface area contributed by atoms with Crippen molar-refractivity contribution in [2.75, 3.05) is 33.2 Å². The maximum Gasteiger partial charge on any atom is 0.305 e. The first kappa shape index (κ1) is 35.2. The Hall–Kier alpha value is -4.69. The number of aldehydes is 1. The van der Waals surface area contributed by atoms with Gasteiger partial charge in [-0.3, -0.25) is 24.5 Å². The maximum atomic E-state index is 13.4. The number of carboxylic acids is 1. The van der Waals surface area contributed by atoms with Crippen molar-refractivity contribution in [3.05, 3.63) is 42.5 Å². The van der Waals surface area contributed by atoms with Gasteiger partial charge in [-0.05, 0) is 29.7 Å². The molecule has 47 heavy (non-hydrogen) atoms. The third-order valence-corrected chi connectivity index (χ3v) is 8.11. The van der Waals surface area contributed by atoms with Gasteiger partial charge >= 0.3 is 5.97 Å². The lowest BCUT2D eigenvalue weighted by Crippen LogP contribution is -2.51. The Labute approximate surface area is 273 Å². The summed E-state index contributed by atoms with van der Waals surface area (Å²) in [4.78, 5) is 62.2. The Morgan fingerprint density at radius 1 is 1.13 bits per heavy atom. The number of carboxylic acid groups (broad SMARTS) is 1. The van der Waals surface area contributed by atoms with E-state index in [1.54, 1.807) is 6.07 Å². The molecule has 0 radical (unpaired) electrons. The summed E-state index contributed by atoms with van der Waals surface area (Å²) in [6.07, 6.45) is 0.151. The molecule has 14 heteroatoms. The second-order valence-electron chi connectivity index (χ2n) is 11.6. The molecule has 2 aromatic rings. The van der Waals surface area contributed by atoms with Crippen LogP contribution in [0, 0.1) is 5.92 Å². The van der Waals surface area contributed by atoms with Gasteiger partial charge in [0.25, 0.3) is 0 Å². The van der Waals surface area contributed by atoms with E-state index in [1.807, 2.05) is 50.2 Å². The first-order valence-corrected chi connectivity index (χ1v) is 15.6. The Morgan fingerprint density at radius 2 is 1.91 bits per heavy atom. The monoisotopic (exact) mass is 654 g/mol. The summed E-state index contributed by atoms with van der Waals surface area (Å²) < 4.78 is 23.1. The van der Waals surface area contributed by atoms with Gasteiger partial charge in [0.05, 0.1) is 44.9 Å². The fourth-order valence-electron chi connectivity index (χ4n) is 5.51. The Bertz CT molecular complexity index is 1440. The minimum atomic E-state index is -1.25. The molecule has 0 aromatic heterocycles. The molecule has 0 aliphatic carbocycles. The second-order valence-corrected chi connectivity index (χ2v) is 11.6. The van der Waals surface area contributed by atoms with E-state index in [0.717, 1.165) is 17.5 Å². The number of para-hydroxylation sites is 1. The molecular weight excluding hydrogens is 612 g/mol. The maximum absolute atomic E-state index is 13.4. The third-order valence-electron chi connectivity index (χ3n) is 8.11. The normalized spacial score (nSPS) is 18.6. The fourth-order valence-corrected chi connectivity index (χ4v) is 5.51. The number of ether oxygens (including phenoxy) is 4. The standard InChI is InChI=1S/C33H42N4O10/c1-4-20(2)27(35-21(3)39)17-44-18-34-14-30(40)37-15-25(13-28(37)33(43)36-23(16-38)12-31(41)42)47-24-8-5-7-22(11-24)26-9-6-10-29-32(26)46-19-45-29/h5-11,16,20,23,25,27-28,34H,4,12-15,17-19H2,1-3H3,(H,35,39)(H,36,43)(H,41,42)/t20-,23-,25-,27+,28-/m0/s1. The number of benzene rings is 2. The molecule has 2 aromatic carbocycles. The van der Waals surface area contributed by atoms with Gasteiger partial charge in [-0.1, -0.05) is 44.5 Å². The summed E-state index contributed by atoms with van der Waals surface area (Å²) in [5.41, 5.74) is 1.65. The molecule has 1 fully saturated rings. The summed E-state index contributed by atoms with van der Waals surface area (Å²) in [6, 6.07) is 10.5. The van der Waals surface area contributed by atoms with Crippen molar-refractivity contribution in [2.24, 2.45) is 5.92 Å². The number of aliphatic carboxylic acids is 1. The van der Waals surface area contributed by atoms with Crippen LogP contribution in [0.4, 0.5) is 0 Å². The highest BCUT2D eigenvalue weighted by Crippen LogP contribution is 2.42. The smallest absolute Gasteiger partial charge is 0.305 e. The summed E-state index contributed by atoms with van der Waals surface area (Å²) in [5, 5.41) is 17.3. The minimum absolute atomic E-state index is 0.0272. The number of amides is 3. The number of likely N-dealkylation sites (tertiary alicyclic amines) is 1. The fraction of sp³-hybridized carbons (Fsp3) is 0.485. The molecule has 0 spiro atoms. The van der Waals surface area contributed by atoms with Crippen molar-refractivity contribution in [2.45, 2.75) is 64.3 Å². The van der Waals surface area contributed by atoms with Crippen LogP contribution in [0.1, 0.15) is 40.0 Å². The van der Waals surface area contributed by atoms with Crippen LogP contribution in [-0.4, -0.2) is 97.4 Å². The minimum Gasteiger partial charge on any atom is -0.488 e. The summed E-state index contributed by atoms with van der Waals surface area (Å²) in [5.74, 6) is -0.495. The zero-order chi connectivity index (χ0) is 33.9. The summed E-state index contributed by atoms with van der Waals surface area (Å²) in [6.45, 7) is 5.80. The molecule has 0 unspecified atom stereocenters. The van der Waals surface area contributed by atoms with E-state index in [4.69, 9.17) is 24.1 Å². The van der Waals surface area contributed by atoms with Crippen molar-refractivity contribution >= 4 is 30.0 Å². The lowest BCUT2D eigenvalue weighted by atomic mass is 10.00. The van der Waals surface area contributed by atoms with Gasteiger partial charge in [-0.25, -0.2) is 0 Å². The SMILES string of the molecule is CC[C@H](C)[C@@H](COCNCC(=O)N1C[C@@H](Oc2cccc(-c3cccc4c3OCO4)c2)C[C@H]1C(=O)N[C@H](C=O)CC(=O)O)NC(C)=O. The molecule has 5 atom stereocenters. The molecule has 1 saturated heterocycles. The van der Waals surface area contributed by atoms with E-state index in [2.05, 4.69) is 16.0 Å². The van der Waals surface area contributed by atoms with Crippen LogP contribution in [0.3, 0.4) is 0 Å². The van der Waals surface area contributed by atoms with Gasteiger partial charge in [-0.2, -0.15) is 0 Å². The number of carbonyl (C=O) groups is 5. The molecule has 0 saturated carbocycles. The Kier molecular flexibility index (Phi) is 12.5. The Morgan fingerprint density at radius 3 is 2.64 bits per heavy atom. The quantitative estimate of drug-likeness (QED) is 0.111. The summed E-state index contributed by atoms with van der Waals surface area (Å²) >= 11 is 0. The van der Waals surface area contributed by atoms with Crippen LogP contribution in [0.15, 0.2) is 42.5 Å². The number of nitrogens with one attached hydrogen (secondary N) is 3. The molecule has 4 rings (SSSR count). The van der Waals surface area contributed by atoms with Crippen LogP contribution >= 0.6 is 0 Å². The number of hydrogen-bond donors (Lipinski definition) is 4. The molecule has 2 aliphatic rings. The topological polar surface area (TPSA) is 182 Å². The Balaban J connectivity index is 1.41.